The van der Waals surface area contributed by atoms with Gasteiger partial charge in [0.15, 0.2) is 0 Å². The molecule has 0 radical (unpaired) electrons. The number of aryl methyl sites for hydroxylation is 1. The number of hydrogen-bond acceptors (Lipinski definition) is 5. The van der Waals surface area contributed by atoms with E-state index in [0.717, 1.165) is 61.8 Å². The second-order valence-electron chi connectivity index (χ2n) is 6.50. The van der Waals surface area contributed by atoms with Crippen molar-refractivity contribution in [1.29, 1.82) is 0 Å². The van der Waals surface area contributed by atoms with Crippen molar-refractivity contribution in [3.8, 4) is 10.6 Å². The molecule has 2 aromatic rings. The van der Waals surface area contributed by atoms with Gasteiger partial charge in [-0.3, -0.25) is 9.58 Å². The molecule has 1 N–H and O–H groups in total. The first kappa shape index (κ1) is 15.6. The van der Waals surface area contributed by atoms with Gasteiger partial charge in [0.05, 0.1) is 11.9 Å². The topological polar surface area (TPSA) is 66.3 Å². The molecule has 2 saturated heterocycles. The second kappa shape index (κ2) is 6.52. The van der Waals surface area contributed by atoms with Crippen molar-refractivity contribution in [2.24, 2.45) is 7.05 Å². The van der Waals surface area contributed by atoms with Crippen LogP contribution in [0.5, 0.6) is 0 Å². The van der Waals surface area contributed by atoms with Gasteiger partial charge in [-0.05, 0) is 19.4 Å². The third-order valence-corrected chi connectivity index (χ3v) is 5.64. The van der Waals surface area contributed by atoms with Gasteiger partial charge in [0, 0.05) is 56.4 Å². The first-order valence-corrected chi connectivity index (χ1v) is 9.27. The predicted molar refractivity (Wildman–Crippen MR) is 92.7 cm³/mol. The minimum atomic E-state index is 0.0920. The van der Waals surface area contributed by atoms with Crippen LogP contribution < -0.4 is 5.32 Å². The number of rotatable bonds is 4. The summed E-state index contributed by atoms with van der Waals surface area (Å²) in [6.45, 7) is 4.47. The van der Waals surface area contributed by atoms with E-state index in [4.69, 9.17) is 4.98 Å². The molecule has 24 heavy (non-hydrogen) atoms. The number of hydrogen-bond donors (Lipinski definition) is 1. The Labute approximate surface area is 145 Å². The standard InChI is InChI=1S/C16H22N6OS/c1-20-8-12(7-18-20)15-19-13(11-24-15)9-21-5-2-3-14(10-21)22-6-4-17-16(22)23/h7-8,11,14H,2-6,9-10H2,1H3,(H,17,23)/t14-/m0/s1. The molecule has 2 fully saturated rings. The van der Waals surface area contributed by atoms with Crippen LogP contribution in [-0.4, -0.2) is 62.8 Å². The number of likely N-dealkylation sites (tertiary alicyclic amines) is 1. The quantitative estimate of drug-likeness (QED) is 0.912. The Morgan fingerprint density at radius 3 is 3.08 bits per heavy atom. The lowest BCUT2D eigenvalue weighted by Gasteiger charge is -2.36. The highest BCUT2D eigenvalue weighted by Gasteiger charge is 2.31. The summed E-state index contributed by atoms with van der Waals surface area (Å²) < 4.78 is 1.80. The molecule has 4 rings (SSSR count). The lowest BCUT2D eigenvalue weighted by Crippen LogP contribution is -2.48. The molecule has 2 aromatic heterocycles. The summed E-state index contributed by atoms with van der Waals surface area (Å²) in [7, 11) is 1.92. The molecule has 128 valence electrons. The van der Waals surface area contributed by atoms with Crippen molar-refractivity contribution in [3.05, 3.63) is 23.5 Å². The molecule has 0 unspecified atom stereocenters. The van der Waals surface area contributed by atoms with Gasteiger partial charge in [-0.2, -0.15) is 5.10 Å². The number of piperidine rings is 1. The van der Waals surface area contributed by atoms with Gasteiger partial charge >= 0.3 is 6.03 Å². The van der Waals surface area contributed by atoms with Crippen LogP contribution in [0.25, 0.3) is 10.6 Å². The maximum atomic E-state index is 11.9. The zero-order valence-electron chi connectivity index (χ0n) is 13.8. The van der Waals surface area contributed by atoms with Crippen molar-refractivity contribution < 1.29 is 4.79 Å². The van der Waals surface area contributed by atoms with Gasteiger partial charge in [0.2, 0.25) is 0 Å². The zero-order chi connectivity index (χ0) is 16.5. The van der Waals surface area contributed by atoms with E-state index in [1.54, 1.807) is 16.0 Å². The Morgan fingerprint density at radius 1 is 1.42 bits per heavy atom. The van der Waals surface area contributed by atoms with Gasteiger partial charge in [-0.25, -0.2) is 9.78 Å². The number of thiazole rings is 1. The first-order chi connectivity index (χ1) is 11.7. The molecule has 2 aliphatic heterocycles. The number of nitrogens with one attached hydrogen (secondary N) is 1. The van der Waals surface area contributed by atoms with Crippen molar-refractivity contribution in [1.82, 2.24) is 29.9 Å². The van der Waals surface area contributed by atoms with Crippen LogP contribution in [0.4, 0.5) is 4.79 Å². The normalized spacial score (nSPS) is 22.1. The smallest absolute Gasteiger partial charge is 0.317 e. The van der Waals surface area contributed by atoms with Gasteiger partial charge in [-0.1, -0.05) is 0 Å². The minimum Gasteiger partial charge on any atom is -0.336 e. The molecule has 0 bridgehead atoms. The molecule has 2 amide bonds. The van der Waals surface area contributed by atoms with Crippen LogP contribution in [0.15, 0.2) is 17.8 Å². The molecule has 0 aliphatic carbocycles. The van der Waals surface area contributed by atoms with Crippen LogP contribution in [0, 0.1) is 0 Å². The summed E-state index contributed by atoms with van der Waals surface area (Å²) >= 11 is 1.67. The second-order valence-corrected chi connectivity index (χ2v) is 7.36. The van der Waals surface area contributed by atoms with Crippen molar-refractivity contribution >= 4 is 17.4 Å². The fraction of sp³-hybridized carbons (Fsp3) is 0.562. The molecule has 8 heteroatoms. The number of amides is 2. The van der Waals surface area contributed by atoms with Crippen molar-refractivity contribution in [2.75, 3.05) is 26.2 Å². The Hall–Kier alpha value is -1.93. The SMILES string of the molecule is Cn1cc(-c2nc(CN3CCC[C@H](N4CCNC4=O)C3)cs2)cn1. The van der Waals surface area contributed by atoms with Gasteiger partial charge in [0.25, 0.3) is 0 Å². The Morgan fingerprint density at radius 2 is 2.33 bits per heavy atom. The van der Waals surface area contributed by atoms with Gasteiger partial charge in [-0.15, -0.1) is 11.3 Å². The van der Waals surface area contributed by atoms with Crippen LogP contribution in [-0.2, 0) is 13.6 Å². The molecular formula is C16H22N6OS. The number of aromatic nitrogens is 3. The highest BCUT2D eigenvalue weighted by atomic mass is 32.1. The maximum absolute atomic E-state index is 11.9. The Kier molecular flexibility index (Phi) is 4.24. The van der Waals surface area contributed by atoms with E-state index in [0.29, 0.717) is 6.04 Å². The van der Waals surface area contributed by atoms with Crippen molar-refractivity contribution in [2.45, 2.75) is 25.4 Å². The van der Waals surface area contributed by atoms with Crippen molar-refractivity contribution in [3.63, 3.8) is 0 Å². The summed E-state index contributed by atoms with van der Waals surface area (Å²) in [5.41, 5.74) is 2.17. The first-order valence-electron chi connectivity index (χ1n) is 8.39. The average Bonchev–Trinajstić information content (AvgIpc) is 3.29. The van der Waals surface area contributed by atoms with Crippen LogP contribution in [0.1, 0.15) is 18.5 Å². The maximum Gasteiger partial charge on any atom is 0.317 e. The molecule has 0 spiro atoms. The average molecular weight is 346 g/mol. The van der Waals surface area contributed by atoms with E-state index < -0.39 is 0 Å². The predicted octanol–water partition coefficient (Wildman–Crippen LogP) is 1.53. The van der Waals surface area contributed by atoms with E-state index in [1.165, 1.54) is 0 Å². The molecule has 2 aliphatic rings. The molecular weight excluding hydrogens is 324 g/mol. The summed E-state index contributed by atoms with van der Waals surface area (Å²) in [5, 5.41) is 10.3. The molecule has 7 nitrogen and oxygen atoms in total. The van der Waals surface area contributed by atoms with E-state index in [2.05, 4.69) is 20.7 Å². The van der Waals surface area contributed by atoms with E-state index in [9.17, 15) is 4.79 Å². The summed E-state index contributed by atoms with van der Waals surface area (Å²) in [4.78, 5) is 21.0. The van der Waals surface area contributed by atoms with Crippen LogP contribution in [0.3, 0.4) is 0 Å². The number of carbonyl (C=O) groups excluding carboxylic acids is 1. The summed E-state index contributed by atoms with van der Waals surface area (Å²) in [5.74, 6) is 0. The minimum absolute atomic E-state index is 0.0920. The fourth-order valence-corrected chi connectivity index (χ4v) is 4.32. The molecule has 1 atom stereocenters. The van der Waals surface area contributed by atoms with E-state index in [1.807, 2.05) is 24.3 Å². The third-order valence-electron chi connectivity index (χ3n) is 4.70. The highest BCUT2D eigenvalue weighted by Crippen LogP contribution is 2.25. The third kappa shape index (κ3) is 3.16. The lowest BCUT2D eigenvalue weighted by atomic mass is 10.0. The largest absolute Gasteiger partial charge is 0.336 e. The van der Waals surface area contributed by atoms with Crippen LogP contribution >= 0.6 is 11.3 Å². The molecule has 0 saturated carbocycles. The van der Waals surface area contributed by atoms with E-state index >= 15 is 0 Å². The lowest BCUT2D eigenvalue weighted by molar-refractivity contribution is 0.121. The van der Waals surface area contributed by atoms with Gasteiger partial charge in [0.1, 0.15) is 5.01 Å². The Balaban J connectivity index is 1.40. The molecule has 4 heterocycles. The summed E-state index contributed by atoms with van der Waals surface area (Å²) in [6.07, 6.45) is 6.08. The number of carbonyl (C=O) groups is 1. The van der Waals surface area contributed by atoms with Crippen LogP contribution in [0.2, 0.25) is 0 Å². The van der Waals surface area contributed by atoms with Gasteiger partial charge < -0.3 is 10.2 Å². The zero-order valence-corrected chi connectivity index (χ0v) is 14.6. The Bertz CT molecular complexity index is 726. The highest BCUT2D eigenvalue weighted by molar-refractivity contribution is 7.13. The number of nitrogens with zero attached hydrogens (tertiary/aromatic N) is 5. The molecule has 0 aromatic carbocycles. The monoisotopic (exact) mass is 346 g/mol. The number of urea groups is 1. The van der Waals surface area contributed by atoms with E-state index in [-0.39, 0.29) is 6.03 Å². The summed E-state index contributed by atoms with van der Waals surface area (Å²) in [6, 6.07) is 0.423. The fourth-order valence-electron chi connectivity index (χ4n) is 3.54.